The van der Waals surface area contributed by atoms with Gasteiger partial charge in [0.1, 0.15) is 24.9 Å². The van der Waals surface area contributed by atoms with Gasteiger partial charge in [0.15, 0.2) is 0 Å². The third kappa shape index (κ3) is 10.4. The maximum absolute atomic E-state index is 11.0. The van der Waals surface area contributed by atoms with E-state index in [1.54, 1.807) is 0 Å². The van der Waals surface area contributed by atoms with Gasteiger partial charge in [0, 0.05) is 6.42 Å². The van der Waals surface area contributed by atoms with E-state index in [9.17, 15) is 29.8 Å². The van der Waals surface area contributed by atoms with Crippen LogP contribution in [-0.2, 0) is 19.3 Å². The molecule has 0 fully saturated rings. The molecule has 0 aliphatic carbocycles. The minimum Gasteiger partial charge on any atom is -0.481 e. The van der Waals surface area contributed by atoms with Crippen LogP contribution in [-0.4, -0.2) is 39.7 Å². The van der Waals surface area contributed by atoms with Crippen molar-refractivity contribution in [2.45, 2.75) is 31.8 Å². The van der Waals surface area contributed by atoms with E-state index < -0.39 is 41.1 Å². The Morgan fingerprint density at radius 1 is 1.21 bits per heavy atom. The van der Waals surface area contributed by atoms with Gasteiger partial charge in [-0.1, -0.05) is 0 Å². The van der Waals surface area contributed by atoms with Crippen LogP contribution in [0, 0.1) is 20.2 Å². The number of carboxylic acid groups (broad SMARTS) is 1. The Bertz CT molecular complexity index is 356. The summed E-state index contributed by atoms with van der Waals surface area (Å²) in [5.74, 6) is -1.80. The lowest BCUT2D eigenvalue weighted by Gasteiger charge is -2.12. The zero-order chi connectivity index (χ0) is 14.8. The van der Waals surface area contributed by atoms with Gasteiger partial charge in [-0.05, 0) is 12.8 Å². The highest BCUT2D eigenvalue weighted by Gasteiger charge is 2.16. The van der Waals surface area contributed by atoms with Gasteiger partial charge in [-0.25, -0.2) is 0 Å². The van der Waals surface area contributed by atoms with Crippen molar-refractivity contribution >= 4 is 11.8 Å². The first-order valence-electron chi connectivity index (χ1n) is 5.13. The predicted molar refractivity (Wildman–Crippen MR) is 55.9 cm³/mol. The van der Waals surface area contributed by atoms with Crippen molar-refractivity contribution in [1.82, 2.24) is 0 Å². The van der Waals surface area contributed by atoms with Crippen molar-refractivity contribution in [3.8, 4) is 0 Å². The Hall–Kier alpha value is -2.46. The van der Waals surface area contributed by atoms with Crippen molar-refractivity contribution in [3.63, 3.8) is 0 Å². The SMILES string of the molecule is O=C(O)CC(=O)CCC[C@H](CO[N+](=O)[O-])O[N+](=O)[O-]. The largest absolute Gasteiger partial charge is 0.481 e. The number of Topliss-reactive ketones (excluding diaryl/α,β-unsaturated/α-hetero) is 1. The quantitative estimate of drug-likeness (QED) is 0.311. The van der Waals surface area contributed by atoms with Crippen LogP contribution in [0.1, 0.15) is 25.7 Å². The minimum absolute atomic E-state index is 0.0415. The molecule has 108 valence electrons. The minimum atomic E-state index is -1.26. The molecule has 0 bridgehead atoms. The number of carbonyl (C=O) groups excluding carboxylic acids is 1. The van der Waals surface area contributed by atoms with Gasteiger partial charge < -0.3 is 14.8 Å². The van der Waals surface area contributed by atoms with Gasteiger partial charge in [0.05, 0.1) is 0 Å². The standard InChI is InChI=1S/C8H12N2O9/c11-6(4-8(12)13)2-1-3-7(19-10(16)17)5-18-9(14)15/h7H,1-5H2,(H,12,13)/t7-/m1/s1. The summed E-state index contributed by atoms with van der Waals surface area (Å²) in [7, 11) is 0. The number of hydrogen-bond acceptors (Lipinski definition) is 8. The molecule has 1 atom stereocenters. The van der Waals surface area contributed by atoms with E-state index in [2.05, 4.69) is 9.68 Å². The average molecular weight is 280 g/mol. The second-order valence-electron chi connectivity index (χ2n) is 3.47. The van der Waals surface area contributed by atoms with Gasteiger partial charge in [-0.3, -0.25) is 9.59 Å². The zero-order valence-electron chi connectivity index (χ0n) is 9.72. The summed E-state index contributed by atoms with van der Waals surface area (Å²) in [6, 6.07) is 0. The van der Waals surface area contributed by atoms with Crippen molar-refractivity contribution in [3.05, 3.63) is 20.2 Å². The zero-order valence-corrected chi connectivity index (χ0v) is 9.72. The fraction of sp³-hybridized carbons (Fsp3) is 0.750. The molecule has 0 amide bonds. The highest BCUT2D eigenvalue weighted by Crippen LogP contribution is 2.08. The van der Waals surface area contributed by atoms with Crippen LogP contribution in [0.3, 0.4) is 0 Å². The topological polar surface area (TPSA) is 159 Å². The summed E-state index contributed by atoms with van der Waals surface area (Å²) in [6.07, 6.45) is -1.86. The van der Waals surface area contributed by atoms with Crippen LogP contribution in [0.25, 0.3) is 0 Å². The first-order chi connectivity index (χ1) is 8.81. The van der Waals surface area contributed by atoms with Gasteiger partial charge in [-0.15, -0.1) is 20.2 Å². The summed E-state index contributed by atoms with van der Waals surface area (Å²) in [5, 5.41) is 26.1. The van der Waals surface area contributed by atoms with E-state index in [1.807, 2.05) is 0 Å². The fourth-order valence-electron chi connectivity index (χ4n) is 1.22. The molecule has 0 aromatic carbocycles. The summed E-state index contributed by atoms with van der Waals surface area (Å²) in [4.78, 5) is 49.3. The number of carbonyl (C=O) groups is 2. The second-order valence-corrected chi connectivity index (χ2v) is 3.47. The van der Waals surface area contributed by atoms with Gasteiger partial charge in [0.2, 0.25) is 0 Å². The summed E-state index contributed by atoms with van der Waals surface area (Å²) >= 11 is 0. The molecule has 0 aromatic rings. The molecule has 11 heteroatoms. The Labute approximate surface area is 106 Å². The van der Waals surface area contributed by atoms with Crippen LogP contribution < -0.4 is 0 Å². The number of hydrogen-bond donors (Lipinski definition) is 1. The average Bonchev–Trinajstić information content (AvgIpc) is 2.23. The van der Waals surface area contributed by atoms with Crippen molar-refractivity contribution < 1.29 is 34.5 Å². The molecule has 11 nitrogen and oxygen atoms in total. The van der Waals surface area contributed by atoms with E-state index in [4.69, 9.17) is 5.11 Å². The first-order valence-corrected chi connectivity index (χ1v) is 5.13. The number of ketones is 1. The normalized spacial score (nSPS) is 11.4. The van der Waals surface area contributed by atoms with Gasteiger partial charge in [0.25, 0.3) is 10.2 Å². The molecule has 0 spiro atoms. The van der Waals surface area contributed by atoms with Crippen molar-refractivity contribution in [1.29, 1.82) is 0 Å². The van der Waals surface area contributed by atoms with Gasteiger partial charge in [-0.2, -0.15) is 0 Å². The summed E-state index contributed by atoms with van der Waals surface area (Å²) in [6.45, 7) is -0.638. The summed E-state index contributed by atoms with van der Waals surface area (Å²) in [5.41, 5.74) is 0. The lowest BCUT2D eigenvalue weighted by atomic mass is 10.1. The highest BCUT2D eigenvalue weighted by molar-refractivity contribution is 5.94. The molecule has 0 aromatic heterocycles. The van der Waals surface area contributed by atoms with E-state index in [-0.39, 0.29) is 19.3 Å². The lowest BCUT2D eigenvalue weighted by molar-refractivity contribution is -0.790. The Kier molecular flexibility index (Phi) is 7.49. The van der Waals surface area contributed by atoms with Crippen LogP contribution in [0.2, 0.25) is 0 Å². The van der Waals surface area contributed by atoms with Crippen LogP contribution >= 0.6 is 0 Å². The van der Waals surface area contributed by atoms with Crippen LogP contribution in [0.5, 0.6) is 0 Å². The molecule has 1 N–H and O–H groups in total. The Morgan fingerprint density at radius 3 is 2.32 bits per heavy atom. The molecular weight excluding hydrogens is 268 g/mol. The number of nitrogens with zero attached hydrogens (tertiary/aromatic N) is 2. The monoisotopic (exact) mass is 280 g/mol. The Balaban J connectivity index is 4.03. The molecule has 0 unspecified atom stereocenters. The molecule has 0 aliphatic rings. The molecule has 0 saturated heterocycles. The second kappa shape index (κ2) is 8.60. The van der Waals surface area contributed by atoms with E-state index >= 15 is 0 Å². The number of rotatable bonds is 11. The molecule has 0 rings (SSSR count). The molecule has 0 radical (unpaired) electrons. The third-order valence-corrected chi connectivity index (χ3v) is 1.93. The fourth-order valence-corrected chi connectivity index (χ4v) is 1.22. The lowest BCUT2D eigenvalue weighted by Crippen LogP contribution is -2.24. The molecule has 0 heterocycles. The van der Waals surface area contributed by atoms with Crippen LogP contribution in [0.4, 0.5) is 0 Å². The van der Waals surface area contributed by atoms with Crippen molar-refractivity contribution in [2.75, 3.05) is 6.61 Å². The predicted octanol–water partition coefficient (Wildman–Crippen LogP) is -0.0143. The van der Waals surface area contributed by atoms with Crippen LogP contribution in [0.15, 0.2) is 0 Å². The molecule has 19 heavy (non-hydrogen) atoms. The third-order valence-electron chi connectivity index (χ3n) is 1.93. The molecule has 0 saturated carbocycles. The number of carboxylic acids is 1. The molecule has 0 aliphatic heterocycles. The van der Waals surface area contributed by atoms with E-state index in [0.717, 1.165) is 0 Å². The maximum atomic E-state index is 11.0. The highest BCUT2D eigenvalue weighted by atomic mass is 17.0. The summed E-state index contributed by atoms with van der Waals surface area (Å²) < 4.78 is 0. The van der Waals surface area contributed by atoms with Crippen molar-refractivity contribution in [2.24, 2.45) is 0 Å². The van der Waals surface area contributed by atoms with Gasteiger partial charge >= 0.3 is 5.97 Å². The smallest absolute Gasteiger partial charge is 0.310 e. The van der Waals surface area contributed by atoms with E-state index in [1.165, 1.54) is 0 Å². The first kappa shape index (κ1) is 16.5. The Morgan fingerprint density at radius 2 is 1.84 bits per heavy atom. The van der Waals surface area contributed by atoms with E-state index in [0.29, 0.717) is 0 Å². The number of aliphatic carboxylic acids is 1. The molecular formula is C8H12N2O9. The maximum Gasteiger partial charge on any atom is 0.310 e.